The standard InChI is InChI=1S/C34H27BrNP.CHF3O3S/c1-36-24-30(27-18-9-12-22-32(27)36)34(28-19-8-11-21-31(28)35)29-20-10-13-23-33(29)37(25-14-4-2-5-15-25)26-16-6-3-7-17-26;2-1(3,4)8(5,6)7/h2-24,34H,1H3;(H,5,6,7). The van der Waals surface area contributed by atoms with Gasteiger partial charge in [-0.15, -0.1) is 0 Å². The van der Waals surface area contributed by atoms with Crippen molar-refractivity contribution in [1.82, 2.24) is 4.57 Å². The van der Waals surface area contributed by atoms with Crippen LogP contribution in [0.3, 0.4) is 0 Å². The number of hydrogen-bond donors (Lipinski definition) is 1. The second-order valence-electron chi connectivity index (χ2n) is 10.2. The van der Waals surface area contributed by atoms with Crippen molar-refractivity contribution in [2.45, 2.75) is 11.4 Å². The van der Waals surface area contributed by atoms with Crippen molar-refractivity contribution >= 4 is 60.8 Å². The van der Waals surface area contributed by atoms with E-state index in [1.165, 1.54) is 43.5 Å². The molecule has 0 bridgehead atoms. The summed E-state index contributed by atoms with van der Waals surface area (Å²) in [5, 5.41) is 5.41. The maximum atomic E-state index is 10.7. The van der Waals surface area contributed by atoms with Gasteiger partial charge in [0.25, 0.3) is 0 Å². The number of benzene rings is 5. The van der Waals surface area contributed by atoms with Crippen LogP contribution in [-0.4, -0.2) is 23.0 Å². The fourth-order valence-electron chi connectivity index (χ4n) is 5.33. The van der Waals surface area contributed by atoms with Crippen LogP contribution in [0.25, 0.3) is 10.9 Å². The Bertz CT molecular complexity index is 1980. The molecule has 45 heavy (non-hydrogen) atoms. The van der Waals surface area contributed by atoms with Gasteiger partial charge in [0.2, 0.25) is 0 Å². The first-order valence-electron chi connectivity index (χ1n) is 13.8. The van der Waals surface area contributed by atoms with Gasteiger partial charge in [0.15, 0.2) is 0 Å². The lowest BCUT2D eigenvalue weighted by Gasteiger charge is -2.27. The highest BCUT2D eigenvalue weighted by Gasteiger charge is 2.44. The maximum absolute atomic E-state index is 10.7. The highest BCUT2D eigenvalue weighted by Crippen LogP contribution is 2.43. The number of aromatic nitrogens is 1. The summed E-state index contributed by atoms with van der Waals surface area (Å²) in [7, 11) is -4.44. The zero-order chi connectivity index (χ0) is 32.2. The van der Waals surface area contributed by atoms with Crippen LogP contribution in [0.5, 0.6) is 0 Å². The maximum Gasteiger partial charge on any atom is 0.522 e. The topological polar surface area (TPSA) is 59.3 Å². The molecular weight excluding hydrogens is 682 g/mol. The quantitative estimate of drug-likeness (QED) is 0.108. The Labute approximate surface area is 269 Å². The van der Waals surface area contributed by atoms with Gasteiger partial charge in [-0.3, -0.25) is 4.55 Å². The van der Waals surface area contributed by atoms with Gasteiger partial charge in [-0.25, -0.2) is 0 Å². The number of nitrogens with zero attached hydrogens (tertiary/aromatic N) is 1. The van der Waals surface area contributed by atoms with E-state index < -0.39 is 23.5 Å². The summed E-state index contributed by atoms with van der Waals surface area (Å²) >= 11 is 3.91. The normalized spacial score (nSPS) is 12.5. The number of halogens is 4. The number of hydrogen-bond acceptors (Lipinski definition) is 2. The van der Waals surface area contributed by atoms with E-state index in [9.17, 15) is 13.2 Å². The second kappa shape index (κ2) is 13.7. The van der Waals surface area contributed by atoms with Crippen molar-refractivity contribution in [3.63, 3.8) is 0 Å². The first kappa shape index (κ1) is 32.6. The molecule has 0 aliphatic rings. The molecule has 0 spiro atoms. The molecular formula is C35H28BrF3NO3PS. The molecule has 6 rings (SSSR count). The fourth-order valence-corrected chi connectivity index (χ4v) is 8.34. The number of para-hydroxylation sites is 1. The van der Waals surface area contributed by atoms with Gasteiger partial charge in [0, 0.05) is 34.5 Å². The Morgan fingerprint density at radius 3 is 1.71 bits per heavy atom. The molecule has 1 aromatic heterocycles. The van der Waals surface area contributed by atoms with E-state index in [4.69, 9.17) is 13.0 Å². The Hall–Kier alpha value is -3.75. The monoisotopic (exact) mass is 709 g/mol. The third-order valence-corrected chi connectivity index (χ3v) is 11.1. The van der Waals surface area contributed by atoms with Crippen LogP contribution in [0, 0.1) is 0 Å². The van der Waals surface area contributed by atoms with E-state index in [2.05, 4.69) is 167 Å². The van der Waals surface area contributed by atoms with Crippen LogP contribution >= 0.6 is 23.9 Å². The Morgan fingerprint density at radius 2 is 1.16 bits per heavy atom. The second-order valence-corrected chi connectivity index (χ2v) is 14.6. The average Bonchev–Trinajstić information content (AvgIpc) is 3.35. The molecule has 4 nitrogen and oxygen atoms in total. The molecule has 5 aromatic carbocycles. The molecule has 0 radical (unpaired) electrons. The lowest BCUT2D eigenvalue weighted by atomic mass is 9.85. The predicted octanol–water partition coefficient (Wildman–Crippen LogP) is 8.27. The molecule has 1 N–H and O–H groups in total. The van der Waals surface area contributed by atoms with Crippen molar-refractivity contribution in [2.75, 3.05) is 0 Å². The number of aryl methyl sites for hydroxylation is 1. The van der Waals surface area contributed by atoms with Crippen molar-refractivity contribution in [1.29, 1.82) is 0 Å². The molecule has 1 atom stereocenters. The van der Waals surface area contributed by atoms with Crippen molar-refractivity contribution in [3.8, 4) is 0 Å². The lowest BCUT2D eigenvalue weighted by molar-refractivity contribution is -0.0510. The Morgan fingerprint density at radius 1 is 0.689 bits per heavy atom. The van der Waals surface area contributed by atoms with Gasteiger partial charge in [-0.05, 0) is 52.7 Å². The van der Waals surface area contributed by atoms with Gasteiger partial charge in [-0.2, -0.15) is 21.6 Å². The summed E-state index contributed by atoms with van der Waals surface area (Å²) in [6.07, 6.45) is 2.32. The highest BCUT2D eigenvalue weighted by atomic mass is 79.9. The lowest BCUT2D eigenvalue weighted by Crippen LogP contribution is -2.25. The molecule has 0 aliphatic heterocycles. The van der Waals surface area contributed by atoms with Gasteiger partial charge in [-0.1, -0.05) is 137 Å². The van der Waals surface area contributed by atoms with E-state index >= 15 is 0 Å². The van der Waals surface area contributed by atoms with Crippen molar-refractivity contribution < 1.29 is 26.1 Å². The summed E-state index contributed by atoms with van der Waals surface area (Å²) < 4.78 is 60.9. The van der Waals surface area contributed by atoms with Gasteiger partial charge in [0.05, 0.1) is 0 Å². The van der Waals surface area contributed by atoms with E-state index in [-0.39, 0.29) is 5.92 Å². The predicted molar refractivity (Wildman–Crippen MR) is 181 cm³/mol. The minimum absolute atomic E-state index is 0.0790. The van der Waals surface area contributed by atoms with E-state index in [1.54, 1.807) is 0 Å². The van der Waals surface area contributed by atoms with Crippen LogP contribution in [0.4, 0.5) is 13.2 Å². The summed E-state index contributed by atoms with van der Waals surface area (Å²) in [5.41, 5.74) is -0.326. The zero-order valence-corrected chi connectivity index (χ0v) is 27.2. The molecule has 0 saturated heterocycles. The molecule has 1 unspecified atom stereocenters. The van der Waals surface area contributed by atoms with Crippen LogP contribution in [0.2, 0.25) is 0 Å². The minimum atomic E-state index is -5.84. The third-order valence-electron chi connectivity index (χ3n) is 7.26. The minimum Gasteiger partial charge on any atom is -0.350 e. The van der Waals surface area contributed by atoms with Gasteiger partial charge < -0.3 is 4.57 Å². The third kappa shape index (κ3) is 7.23. The van der Waals surface area contributed by atoms with Crippen LogP contribution in [-0.2, 0) is 17.2 Å². The van der Waals surface area contributed by atoms with Crippen LogP contribution < -0.4 is 15.9 Å². The van der Waals surface area contributed by atoms with E-state index in [1.807, 2.05) is 0 Å². The summed E-state index contributed by atoms with van der Waals surface area (Å²) in [4.78, 5) is 0. The largest absolute Gasteiger partial charge is 0.522 e. The SMILES string of the molecule is Cn1cc(C(c2ccccc2Br)c2ccccc2P(c2ccccc2)c2ccccc2)c2ccccc21.O=S(=O)(O)C(F)(F)F. The van der Waals surface area contributed by atoms with E-state index in [0.29, 0.717) is 0 Å². The molecule has 0 fully saturated rings. The van der Waals surface area contributed by atoms with E-state index in [0.717, 1.165) is 4.47 Å². The highest BCUT2D eigenvalue weighted by molar-refractivity contribution is 9.10. The average molecular weight is 711 g/mol. The molecule has 0 amide bonds. The molecule has 10 heteroatoms. The van der Waals surface area contributed by atoms with Gasteiger partial charge >= 0.3 is 15.6 Å². The van der Waals surface area contributed by atoms with Crippen LogP contribution in [0.15, 0.2) is 144 Å². The van der Waals surface area contributed by atoms with Crippen LogP contribution in [0.1, 0.15) is 22.6 Å². The summed E-state index contributed by atoms with van der Waals surface area (Å²) in [6.45, 7) is 0. The first-order valence-corrected chi connectivity index (χ1v) is 17.4. The number of rotatable bonds is 6. The molecule has 1 heterocycles. The van der Waals surface area contributed by atoms with Crippen molar-refractivity contribution in [3.05, 3.63) is 161 Å². The summed E-state index contributed by atoms with van der Waals surface area (Å²) in [5.74, 6) is 0.0790. The first-order chi connectivity index (χ1) is 21.5. The number of fused-ring (bicyclic) bond motifs is 1. The molecule has 230 valence electrons. The fraction of sp³-hybridized carbons (Fsp3) is 0.0857. The number of alkyl halides is 3. The Balaban J connectivity index is 0.000000444. The summed E-state index contributed by atoms with van der Waals surface area (Å²) in [6, 6.07) is 48.4. The molecule has 6 aromatic rings. The van der Waals surface area contributed by atoms with Crippen molar-refractivity contribution in [2.24, 2.45) is 7.05 Å². The van der Waals surface area contributed by atoms with Gasteiger partial charge in [0.1, 0.15) is 0 Å². The smallest absolute Gasteiger partial charge is 0.350 e. The molecule has 0 saturated carbocycles. The zero-order valence-electron chi connectivity index (χ0n) is 23.9. The Kier molecular flexibility index (Phi) is 9.94. The molecule has 0 aliphatic carbocycles.